The Kier molecular flexibility index (Phi) is 3.92. The SMILES string of the molecule is CC(C)(C)c1ccnc(-c2ccc3oc4c(C(C)(C)C)cccc4c3c2)c1. The summed E-state index contributed by atoms with van der Waals surface area (Å²) in [6, 6.07) is 17.1. The molecule has 4 rings (SSSR count). The number of hydrogen-bond acceptors (Lipinski definition) is 2. The van der Waals surface area contributed by atoms with Crippen molar-refractivity contribution in [1.29, 1.82) is 0 Å². The van der Waals surface area contributed by atoms with Gasteiger partial charge in [-0.3, -0.25) is 4.98 Å². The van der Waals surface area contributed by atoms with Crippen molar-refractivity contribution in [1.82, 2.24) is 4.98 Å². The molecule has 0 bridgehead atoms. The number of para-hydroxylation sites is 1. The van der Waals surface area contributed by atoms with E-state index < -0.39 is 0 Å². The van der Waals surface area contributed by atoms with Crippen LogP contribution in [0.2, 0.25) is 0 Å². The lowest BCUT2D eigenvalue weighted by molar-refractivity contribution is 0.573. The fourth-order valence-corrected chi connectivity index (χ4v) is 3.60. The average Bonchev–Trinajstić information content (AvgIpc) is 2.98. The molecule has 0 fully saturated rings. The Balaban J connectivity index is 1.92. The van der Waals surface area contributed by atoms with Crippen molar-refractivity contribution in [3.63, 3.8) is 0 Å². The lowest BCUT2D eigenvalue weighted by atomic mass is 9.86. The number of furan rings is 1. The molecule has 0 aliphatic heterocycles. The number of hydrogen-bond donors (Lipinski definition) is 0. The fourth-order valence-electron chi connectivity index (χ4n) is 3.60. The Morgan fingerprint density at radius 3 is 2.26 bits per heavy atom. The average molecular weight is 357 g/mol. The second kappa shape index (κ2) is 5.95. The molecule has 0 aliphatic rings. The number of nitrogens with zero attached hydrogens (tertiary/aromatic N) is 1. The van der Waals surface area contributed by atoms with E-state index in [1.807, 2.05) is 6.20 Å². The summed E-state index contributed by atoms with van der Waals surface area (Å²) >= 11 is 0. The summed E-state index contributed by atoms with van der Waals surface area (Å²) in [7, 11) is 0. The lowest BCUT2D eigenvalue weighted by Gasteiger charge is -2.19. The summed E-state index contributed by atoms with van der Waals surface area (Å²) in [5.41, 5.74) is 6.73. The predicted octanol–water partition coefficient (Wildman–Crippen LogP) is 7.24. The van der Waals surface area contributed by atoms with Gasteiger partial charge in [-0.05, 0) is 46.7 Å². The zero-order chi connectivity index (χ0) is 19.4. The third-order valence-electron chi connectivity index (χ3n) is 5.23. The molecule has 2 heterocycles. The van der Waals surface area contributed by atoms with Crippen molar-refractivity contribution in [3.8, 4) is 11.3 Å². The van der Waals surface area contributed by atoms with Crippen molar-refractivity contribution in [2.45, 2.75) is 52.4 Å². The van der Waals surface area contributed by atoms with Crippen LogP contribution >= 0.6 is 0 Å². The van der Waals surface area contributed by atoms with Crippen LogP contribution in [0.15, 0.2) is 59.1 Å². The van der Waals surface area contributed by atoms with Gasteiger partial charge in [-0.1, -0.05) is 59.7 Å². The van der Waals surface area contributed by atoms with E-state index >= 15 is 0 Å². The third kappa shape index (κ3) is 3.14. The molecule has 0 N–H and O–H groups in total. The van der Waals surface area contributed by atoms with Gasteiger partial charge in [-0.15, -0.1) is 0 Å². The molecule has 0 atom stereocenters. The summed E-state index contributed by atoms with van der Waals surface area (Å²) < 4.78 is 6.26. The largest absolute Gasteiger partial charge is 0.456 e. The molecule has 0 saturated heterocycles. The summed E-state index contributed by atoms with van der Waals surface area (Å²) in [6.45, 7) is 13.4. The van der Waals surface area contributed by atoms with Crippen molar-refractivity contribution in [3.05, 3.63) is 65.9 Å². The van der Waals surface area contributed by atoms with Crippen molar-refractivity contribution in [2.75, 3.05) is 0 Å². The molecule has 0 aliphatic carbocycles. The van der Waals surface area contributed by atoms with Crippen molar-refractivity contribution < 1.29 is 4.42 Å². The Labute approximate surface area is 161 Å². The van der Waals surface area contributed by atoms with E-state index in [2.05, 4.69) is 95.1 Å². The number of aromatic nitrogens is 1. The second-order valence-corrected chi connectivity index (χ2v) is 9.43. The smallest absolute Gasteiger partial charge is 0.139 e. The Bertz CT molecular complexity index is 1140. The second-order valence-electron chi connectivity index (χ2n) is 9.43. The molecule has 138 valence electrons. The molecule has 4 aromatic rings. The van der Waals surface area contributed by atoms with E-state index in [-0.39, 0.29) is 10.8 Å². The predicted molar refractivity (Wildman–Crippen MR) is 114 cm³/mol. The molecule has 0 spiro atoms. The van der Waals surface area contributed by atoms with Gasteiger partial charge in [0.05, 0.1) is 5.69 Å². The summed E-state index contributed by atoms with van der Waals surface area (Å²) in [5, 5.41) is 2.32. The van der Waals surface area contributed by atoms with Crippen molar-refractivity contribution in [2.24, 2.45) is 0 Å². The highest BCUT2D eigenvalue weighted by molar-refractivity contribution is 6.07. The van der Waals surface area contributed by atoms with Gasteiger partial charge in [-0.25, -0.2) is 0 Å². The quantitative estimate of drug-likeness (QED) is 0.359. The Morgan fingerprint density at radius 2 is 1.56 bits per heavy atom. The van der Waals surface area contributed by atoms with E-state index in [0.717, 1.165) is 27.8 Å². The van der Waals surface area contributed by atoms with E-state index in [9.17, 15) is 0 Å². The molecule has 27 heavy (non-hydrogen) atoms. The minimum absolute atomic E-state index is 0.0405. The minimum atomic E-state index is 0.0405. The van der Waals surface area contributed by atoms with Crippen LogP contribution < -0.4 is 0 Å². The molecule has 2 nitrogen and oxygen atoms in total. The van der Waals surface area contributed by atoms with Gasteiger partial charge < -0.3 is 4.42 Å². The van der Waals surface area contributed by atoms with Gasteiger partial charge in [0.2, 0.25) is 0 Å². The van der Waals surface area contributed by atoms with Crippen LogP contribution in [-0.2, 0) is 10.8 Å². The fraction of sp³-hybridized carbons (Fsp3) is 0.320. The molecule has 0 saturated carbocycles. The van der Waals surface area contributed by atoms with Crippen LogP contribution in [0.3, 0.4) is 0 Å². The van der Waals surface area contributed by atoms with E-state index in [1.165, 1.54) is 16.5 Å². The highest BCUT2D eigenvalue weighted by Gasteiger charge is 2.21. The third-order valence-corrected chi connectivity index (χ3v) is 5.23. The first-order valence-electron chi connectivity index (χ1n) is 9.57. The first-order chi connectivity index (χ1) is 12.6. The lowest BCUT2D eigenvalue weighted by Crippen LogP contribution is -2.11. The van der Waals surface area contributed by atoms with Crippen LogP contribution in [0.25, 0.3) is 33.2 Å². The summed E-state index contributed by atoms with van der Waals surface area (Å²) in [4.78, 5) is 4.62. The van der Waals surface area contributed by atoms with Gasteiger partial charge in [-0.2, -0.15) is 0 Å². The van der Waals surface area contributed by atoms with Gasteiger partial charge in [0.15, 0.2) is 0 Å². The molecule has 2 aromatic heterocycles. The molecular formula is C25H27NO. The monoisotopic (exact) mass is 357 g/mol. The topological polar surface area (TPSA) is 26.0 Å². The number of pyridine rings is 1. The van der Waals surface area contributed by atoms with Gasteiger partial charge in [0, 0.05) is 28.1 Å². The maximum atomic E-state index is 6.26. The molecule has 2 heteroatoms. The first kappa shape index (κ1) is 17.8. The van der Waals surface area contributed by atoms with Gasteiger partial charge in [0.1, 0.15) is 11.2 Å². The van der Waals surface area contributed by atoms with Crippen LogP contribution in [0.1, 0.15) is 52.7 Å². The van der Waals surface area contributed by atoms with E-state index in [1.54, 1.807) is 0 Å². The number of fused-ring (bicyclic) bond motifs is 3. The number of benzene rings is 2. The van der Waals surface area contributed by atoms with Crippen LogP contribution in [0.4, 0.5) is 0 Å². The molecular weight excluding hydrogens is 330 g/mol. The molecule has 0 unspecified atom stereocenters. The van der Waals surface area contributed by atoms with Crippen LogP contribution in [0.5, 0.6) is 0 Å². The number of rotatable bonds is 1. The zero-order valence-corrected chi connectivity index (χ0v) is 17.1. The summed E-state index contributed by atoms with van der Waals surface area (Å²) in [5.74, 6) is 0. The maximum absolute atomic E-state index is 6.26. The Hall–Kier alpha value is -2.61. The molecule has 2 aromatic carbocycles. The highest BCUT2D eigenvalue weighted by atomic mass is 16.3. The maximum Gasteiger partial charge on any atom is 0.139 e. The van der Waals surface area contributed by atoms with Crippen molar-refractivity contribution >= 4 is 21.9 Å². The normalized spacial score (nSPS) is 12.8. The van der Waals surface area contributed by atoms with Gasteiger partial charge in [0.25, 0.3) is 0 Å². The minimum Gasteiger partial charge on any atom is -0.456 e. The first-order valence-corrected chi connectivity index (χ1v) is 9.57. The van der Waals surface area contributed by atoms with Crippen LogP contribution in [0, 0.1) is 0 Å². The zero-order valence-electron chi connectivity index (χ0n) is 17.1. The standard InChI is InChI=1S/C25H27NO/c1-24(2,3)17-12-13-26-21(15-17)16-10-11-22-19(14-16)18-8-7-9-20(23(18)27-22)25(4,5)6/h7-15H,1-6H3. The van der Waals surface area contributed by atoms with Gasteiger partial charge >= 0.3 is 0 Å². The molecule has 0 amide bonds. The summed E-state index contributed by atoms with van der Waals surface area (Å²) in [6.07, 6.45) is 1.91. The van der Waals surface area contributed by atoms with E-state index in [4.69, 9.17) is 4.42 Å². The van der Waals surface area contributed by atoms with Crippen LogP contribution in [-0.4, -0.2) is 4.98 Å². The molecule has 0 radical (unpaired) electrons. The highest BCUT2D eigenvalue weighted by Crippen LogP contribution is 2.37. The van der Waals surface area contributed by atoms with E-state index in [0.29, 0.717) is 0 Å². The Morgan fingerprint density at radius 1 is 0.778 bits per heavy atom.